The summed E-state index contributed by atoms with van der Waals surface area (Å²) < 4.78 is 0. The predicted molar refractivity (Wildman–Crippen MR) is 67.7 cm³/mol. The number of anilines is 1. The Morgan fingerprint density at radius 2 is 2.12 bits per heavy atom. The molecule has 0 saturated heterocycles. The second-order valence-corrected chi connectivity index (χ2v) is 4.73. The van der Waals surface area contributed by atoms with Crippen molar-refractivity contribution in [3.8, 4) is 0 Å². The average Bonchev–Trinajstić information content (AvgIpc) is 2.29. The molecule has 2 rings (SSSR count). The first-order chi connectivity index (χ1) is 8.15. The van der Waals surface area contributed by atoms with E-state index < -0.39 is 5.25 Å². The maximum absolute atomic E-state index is 11.9. The summed E-state index contributed by atoms with van der Waals surface area (Å²) in [5, 5.41) is 2.38. The lowest BCUT2D eigenvalue weighted by atomic mass is 10.2. The second-order valence-electron chi connectivity index (χ2n) is 3.51. The summed E-state index contributed by atoms with van der Waals surface area (Å²) in [6.45, 7) is 0. The average molecular weight is 249 g/mol. The number of hydrogen-bond donors (Lipinski definition) is 2. The standard InChI is InChI=1S/C11H11N3O2S/c12-11-14-9(15)6-8(17-11)10(16)13-7-4-2-1-3-5-7/h1-5,8H,6H2,(H,13,16)(H2,12,14,15)/t8-/m0/s1. The van der Waals surface area contributed by atoms with Crippen molar-refractivity contribution in [1.82, 2.24) is 0 Å². The van der Waals surface area contributed by atoms with Crippen LogP contribution in [0.4, 0.5) is 5.69 Å². The molecular formula is C11H11N3O2S. The van der Waals surface area contributed by atoms with Crippen molar-refractivity contribution in [2.75, 3.05) is 5.32 Å². The van der Waals surface area contributed by atoms with Crippen molar-refractivity contribution in [3.05, 3.63) is 30.3 Å². The van der Waals surface area contributed by atoms with Gasteiger partial charge in [-0.3, -0.25) is 9.59 Å². The Morgan fingerprint density at radius 3 is 2.76 bits per heavy atom. The van der Waals surface area contributed by atoms with Crippen LogP contribution in [0.2, 0.25) is 0 Å². The minimum absolute atomic E-state index is 0.0873. The van der Waals surface area contributed by atoms with Gasteiger partial charge in [0.1, 0.15) is 5.25 Å². The Kier molecular flexibility index (Phi) is 3.43. The Hall–Kier alpha value is -1.82. The molecule has 2 amide bonds. The number of carbonyl (C=O) groups excluding carboxylic acids is 2. The normalized spacial score (nSPS) is 19.6. The first kappa shape index (κ1) is 11.7. The zero-order valence-corrected chi connectivity index (χ0v) is 9.74. The second kappa shape index (κ2) is 5.01. The maximum atomic E-state index is 11.9. The Bertz CT molecular complexity index is 473. The Morgan fingerprint density at radius 1 is 1.41 bits per heavy atom. The topological polar surface area (TPSA) is 84.5 Å². The van der Waals surface area contributed by atoms with Gasteiger partial charge in [0, 0.05) is 5.69 Å². The first-order valence-corrected chi connectivity index (χ1v) is 5.92. The van der Waals surface area contributed by atoms with E-state index in [4.69, 9.17) is 5.73 Å². The van der Waals surface area contributed by atoms with Gasteiger partial charge in [0.15, 0.2) is 5.17 Å². The number of hydrogen-bond acceptors (Lipinski definition) is 4. The lowest BCUT2D eigenvalue weighted by molar-refractivity contribution is -0.121. The summed E-state index contributed by atoms with van der Waals surface area (Å²) in [5.41, 5.74) is 6.16. The zero-order chi connectivity index (χ0) is 12.3. The van der Waals surface area contributed by atoms with Gasteiger partial charge in [0.05, 0.1) is 6.42 Å². The van der Waals surface area contributed by atoms with E-state index in [9.17, 15) is 9.59 Å². The monoisotopic (exact) mass is 249 g/mol. The van der Waals surface area contributed by atoms with Crippen LogP contribution in [0.3, 0.4) is 0 Å². The van der Waals surface area contributed by atoms with Gasteiger partial charge in [-0.1, -0.05) is 30.0 Å². The van der Waals surface area contributed by atoms with E-state index in [-0.39, 0.29) is 23.4 Å². The number of nitrogens with one attached hydrogen (secondary N) is 1. The zero-order valence-electron chi connectivity index (χ0n) is 8.92. The summed E-state index contributed by atoms with van der Waals surface area (Å²) in [6, 6.07) is 9.07. The fourth-order valence-corrected chi connectivity index (χ4v) is 2.27. The molecule has 88 valence electrons. The number of aliphatic imine (C=N–C) groups is 1. The molecule has 0 fully saturated rings. The molecule has 0 radical (unpaired) electrons. The fraction of sp³-hybridized carbons (Fsp3) is 0.182. The van der Waals surface area contributed by atoms with Crippen LogP contribution >= 0.6 is 11.8 Å². The minimum atomic E-state index is -0.500. The van der Waals surface area contributed by atoms with E-state index in [1.54, 1.807) is 12.1 Å². The molecule has 1 aliphatic rings. The van der Waals surface area contributed by atoms with Gasteiger partial charge in [-0.15, -0.1) is 0 Å². The van der Waals surface area contributed by atoms with E-state index in [2.05, 4.69) is 10.3 Å². The predicted octanol–water partition coefficient (Wildman–Crippen LogP) is 0.972. The summed E-state index contributed by atoms with van der Waals surface area (Å²) >= 11 is 1.11. The largest absolute Gasteiger partial charge is 0.378 e. The molecule has 0 bridgehead atoms. The lowest BCUT2D eigenvalue weighted by Gasteiger charge is -2.17. The molecule has 0 unspecified atom stereocenters. The number of nitrogens with two attached hydrogens (primary N) is 1. The van der Waals surface area contributed by atoms with E-state index in [1.165, 1.54) is 0 Å². The number of benzene rings is 1. The fourth-order valence-electron chi connectivity index (χ4n) is 1.43. The molecule has 0 spiro atoms. The SMILES string of the molecule is NC1=NC(=O)C[C@@H](C(=O)Nc2ccccc2)S1. The third kappa shape index (κ3) is 3.07. The molecule has 0 aliphatic carbocycles. The maximum Gasteiger partial charge on any atom is 0.249 e. The molecule has 0 aromatic heterocycles. The van der Waals surface area contributed by atoms with Crippen LogP contribution in [0, 0.1) is 0 Å². The molecular weight excluding hydrogens is 238 g/mol. The molecule has 17 heavy (non-hydrogen) atoms. The number of para-hydroxylation sites is 1. The number of rotatable bonds is 2. The molecule has 1 aliphatic heterocycles. The van der Waals surface area contributed by atoms with Crippen molar-refractivity contribution >= 4 is 34.4 Å². The molecule has 1 atom stereocenters. The van der Waals surface area contributed by atoms with Gasteiger partial charge in [0.2, 0.25) is 11.8 Å². The molecule has 5 nitrogen and oxygen atoms in total. The van der Waals surface area contributed by atoms with Gasteiger partial charge < -0.3 is 11.1 Å². The van der Waals surface area contributed by atoms with Crippen molar-refractivity contribution in [1.29, 1.82) is 0 Å². The highest BCUT2D eigenvalue weighted by Crippen LogP contribution is 2.22. The van der Waals surface area contributed by atoms with Crippen LogP contribution in [0.25, 0.3) is 0 Å². The van der Waals surface area contributed by atoms with Crippen LogP contribution in [0.15, 0.2) is 35.3 Å². The van der Waals surface area contributed by atoms with Crippen molar-refractivity contribution in [3.63, 3.8) is 0 Å². The molecule has 6 heteroatoms. The van der Waals surface area contributed by atoms with E-state index in [1.807, 2.05) is 18.2 Å². The summed E-state index contributed by atoms with van der Waals surface area (Å²) in [7, 11) is 0. The number of amidine groups is 1. The number of amides is 2. The van der Waals surface area contributed by atoms with E-state index in [0.717, 1.165) is 11.8 Å². The number of thioether (sulfide) groups is 1. The number of carbonyl (C=O) groups is 2. The molecule has 3 N–H and O–H groups in total. The third-order valence-corrected chi connectivity index (χ3v) is 3.19. The third-order valence-electron chi connectivity index (χ3n) is 2.19. The Balaban J connectivity index is 2.02. The van der Waals surface area contributed by atoms with Crippen molar-refractivity contribution in [2.45, 2.75) is 11.7 Å². The summed E-state index contributed by atoms with van der Waals surface area (Å²) in [6.07, 6.45) is 0.0873. The lowest BCUT2D eigenvalue weighted by Crippen LogP contribution is -2.33. The van der Waals surface area contributed by atoms with Crippen molar-refractivity contribution in [2.24, 2.45) is 10.7 Å². The minimum Gasteiger partial charge on any atom is -0.378 e. The smallest absolute Gasteiger partial charge is 0.249 e. The van der Waals surface area contributed by atoms with Crippen LogP contribution in [-0.2, 0) is 9.59 Å². The van der Waals surface area contributed by atoms with E-state index >= 15 is 0 Å². The van der Waals surface area contributed by atoms with Crippen LogP contribution in [0.1, 0.15) is 6.42 Å². The quantitative estimate of drug-likeness (QED) is 0.818. The Labute approximate surface area is 102 Å². The van der Waals surface area contributed by atoms with Crippen LogP contribution in [0.5, 0.6) is 0 Å². The summed E-state index contributed by atoms with van der Waals surface area (Å²) in [4.78, 5) is 26.6. The van der Waals surface area contributed by atoms with Gasteiger partial charge in [-0.05, 0) is 12.1 Å². The highest BCUT2D eigenvalue weighted by Gasteiger charge is 2.27. The van der Waals surface area contributed by atoms with Crippen molar-refractivity contribution < 1.29 is 9.59 Å². The molecule has 1 heterocycles. The van der Waals surface area contributed by atoms with Gasteiger partial charge in [0.25, 0.3) is 0 Å². The van der Waals surface area contributed by atoms with Gasteiger partial charge >= 0.3 is 0 Å². The van der Waals surface area contributed by atoms with Crippen LogP contribution in [-0.4, -0.2) is 22.2 Å². The number of nitrogens with zero attached hydrogens (tertiary/aromatic N) is 1. The van der Waals surface area contributed by atoms with E-state index in [0.29, 0.717) is 5.69 Å². The van der Waals surface area contributed by atoms with Gasteiger partial charge in [-0.2, -0.15) is 4.99 Å². The molecule has 1 aromatic rings. The molecule has 0 saturated carbocycles. The van der Waals surface area contributed by atoms with Crippen LogP contribution < -0.4 is 11.1 Å². The summed E-state index contributed by atoms with van der Waals surface area (Å²) in [5.74, 6) is -0.582. The van der Waals surface area contributed by atoms with Gasteiger partial charge in [-0.25, -0.2) is 0 Å². The molecule has 1 aromatic carbocycles. The highest BCUT2D eigenvalue weighted by atomic mass is 32.2. The highest BCUT2D eigenvalue weighted by molar-refractivity contribution is 8.15. The first-order valence-electron chi connectivity index (χ1n) is 5.05.